The number of hydrogen-bond acceptors (Lipinski definition) is 2. The Balaban J connectivity index is 1.90. The number of aryl methyl sites for hydroxylation is 3. The average molecular weight is 215 g/mol. The van der Waals surface area contributed by atoms with Gasteiger partial charge in [-0.3, -0.25) is 5.10 Å². The van der Waals surface area contributed by atoms with E-state index in [1.165, 1.54) is 11.1 Å². The molecule has 1 aromatic heterocycles. The minimum atomic E-state index is 0.841. The maximum atomic E-state index is 5.72. The van der Waals surface area contributed by atoms with Crippen molar-refractivity contribution in [3.8, 4) is 0 Å². The van der Waals surface area contributed by atoms with Crippen LogP contribution in [0.15, 0.2) is 30.5 Å². The van der Waals surface area contributed by atoms with Crippen LogP contribution in [0.4, 0.5) is 5.69 Å². The second-order valence-electron chi connectivity index (χ2n) is 4.11. The van der Waals surface area contributed by atoms with Gasteiger partial charge in [0.15, 0.2) is 0 Å². The van der Waals surface area contributed by atoms with E-state index >= 15 is 0 Å². The molecule has 0 aliphatic rings. The lowest BCUT2D eigenvalue weighted by Crippen LogP contribution is -1.95. The van der Waals surface area contributed by atoms with Crippen LogP contribution in [0.25, 0.3) is 0 Å². The standard InChI is InChI=1S/C13H17N3/c1-10-9-12(14)6-5-11(10)3-2-4-13-7-8-15-16-13/h5-9H,2-4,14H2,1H3,(H,15,16). The lowest BCUT2D eigenvalue weighted by molar-refractivity contribution is 0.790. The number of aromatic nitrogens is 2. The Morgan fingerprint density at radius 3 is 2.81 bits per heavy atom. The van der Waals surface area contributed by atoms with E-state index < -0.39 is 0 Å². The van der Waals surface area contributed by atoms with Crippen molar-refractivity contribution in [1.29, 1.82) is 0 Å². The summed E-state index contributed by atoms with van der Waals surface area (Å²) in [7, 11) is 0. The van der Waals surface area contributed by atoms with Crippen molar-refractivity contribution in [2.45, 2.75) is 26.2 Å². The summed E-state index contributed by atoms with van der Waals surface area (Å²) < 4.78 is 0. The Hall–Kier alpha value is -1.77. The predicted molar refractivity (Wildman–Crippen MR) is 66.2 cm³/mol. The fourth-order valence-electron chi connectivity index (χ4n) is 1.89. The molecule has 0 bridgehead atoms. The molecule has 0 aliphatic heterocycles. The number of nitrogens with zero attached hydrogens (tertiary/aromatic N) is 1. The maximum absolute atomic E-state index is 5.72. The normalized spacial score (nSPS) is 10.6. The van der Waals surface area contributed by atoms with Crippen molar-refractivity contribution < 1.29 is 0 Å². The molecule has 1 aromatic carbocycles. The molecule has 84 valence electrons. The number of anilines is 1. The van der Waals surface area contributed by atoms with Gasteiger partial charge in [-0.2, -0.15) is 5.10 Å². The lowest BCUT2D eigenvalue weighted by Gasteiger charge is -2.05. The second kappa shape index (κ2) is 4.84. The summed E-state index contributed by atoms with van der Waals surface area (Å²) in [4.78, 5) is 0. The van der Waals surface area contributed by atoms with Gasteiger partial charge < -0.3 is 5.73 Å². The molecule has 3 heteroatoms. The molecule has 3 N–H and O–H groups in total. The van der Waals surface area contributed by atoms with Crippen molar-refractivity contribution in [2.24, 2.45) is 0 Å². The minimum Gasteiger partial charge on any atom is -0.399 e. The highest BCUT2D eigenvalue weighted by Gasteiger charge is 2.00. The van der Waals surface area contributed by atoms with Crippen molar-refractivity contribution in [1.82, 2.24) is 10.2 Å². The van der Waals surface area contributed by atoms with Crippen LogP contribution in [-0.4, -0.2) is 10.2 Å². The number of nitrogens with one attached hydrogen (secondary N) is 1. The topological polar surface area (TPSA) is 54.7 Å². The zero-order valence-electron chi connectivity index (χ0n) is 9.53. The van der Waals surface area contributed by atoms with Crippen molar-refractivity contribution in [3.63, 3.8) is 0 Å². The van der Waals surface area contributed by atoms with Crippen molar-refractivity contribution in [3.05, 3.63) is 47.3 Å². The summed E-state index contributed by atoms with van der Waals surface area (Å²) in [6, 6.07) is 8.14. The Bertz CT molecular complexity index is 446. The third kappa shape index (κ3) is 2.63. The number of rotatable bonds is 4. The molecule has 2 aromatic rings. The van der Waals surface area contributed by atoms with Gasteiger partial charge in [0.05, 0.1) is 5.69 Å². The Morgan fingerprint density at radius 1 is 1.25 bits per heavy atom. The molecular weight excluding hydrogens is 198 g/mol. The van der Waals surface area contributed by atoms with Crippen molar-refractivity contribution in [2.75, 3.05) is 5.73 Å². The van der Waals surface area contributed by atoms with E-state index in [-0.39, 0.29) is 0 Å². The van der Waals surface area contributed by atoms with E-state index in [9.17, 15) is 0 Å². The zero-order valence-corrected chi connectivity index (χ0v) is 9.53. The first-order valence-corrected chi connectivity index (χ1v) is 5.59. The first-order chi connectivity index (χ1) is 7.75. The number of aromatic amines is 1. The van der Waals surface area contributed by atoms with Crippen LogP contribution in [0.2, 0.25) is 0 Å². The molecule has 0 amide bonds. The maximum Gasteiger partial charge on any atom is 0.0622 e. The molecule has 0 radical (unpaired) electrons. The van der Waals surface area contributed by atoms with Crippen LogP contribution in [0.1, 0.15) is 23.2 Å². The van der Waals surface area contributed by atoms with E-state index in [1.54, 1.807) is 0 Å². The van der Waals surface area contributed by atoms with E-state index in [4.69, 9.17) is 5.73 Å². The van der Waals surface area contributed by atoms with Gasteiger partial charge in [0, 0.05) is 11.9 Å². The molecule has 0 saturated carbocycles. The summed E-state index contributed by atoms with van der Waals surface area (Å²) in [6.07, 6.45) is 5.09. The zero-order chi connectivity index (χ0) is 11.4. The molecular formula is C13H17N3. The highest BCUT2D eigenvalue weighted by Crippen LogP contribution is 2.15. The van der Waals surface area contributed by atoms with E-state index in [0.29, 0.717) is 0 Å². The first kappa shape index (κ1) is 10.7. The Kier molecular flexibility index (Phi) is 3.25. The molecule has 0 unspecified atom stereocenters. The fraction of sp³-hybridized carbons (Fsp3) is 0.308. The Morgan fingerprint density at radius 2 is 2.12 bits per heavy atom. The van der Waals surface area contributed by atoms with Crippen LogP contribution in [0.5, 0.6) is 0 Å². The monoisotopic (exact) mass is 215 g/mol. The smallest absolute Gasteiger partial charge is 0.0622 e. The summed E-state index contributed by atoms with van der Waals surface area (Å²) in [5.41, 5.74) is 10.4. The molecule has 0 fully saturated rings. The van der Waals surface area contributed by atoms with Gasteiger partial charge in [0.1, 0.15) is 0 Å². The molecule has 1 heterocycles. The summed E-state index contributed by atoms with van der Waals surface area (Å²) in [5, 5.41) is 6.97. The van der Waals surface area contributed by atoms with Crippen molar-refractivity contribution >= 4 is 5.69 Å². The second-order valence-corrected chi connectivity index (χ2v) is 4.11. The van der Waals surface area contributed by atoms with Crippen LogP contribution < -0.4 is 5.73 Å². The minimum absolute atomic E-state index is 0.841. The van der Waals surface area contributed by atoms with Gasteiger partial charge in [-0.15, -0.1) is 0 Å². The molecule has 0 spiro atoms. The van der Waals surface area contributed by atoms with Gasteiger partial charge in [-0.1, -0.05) is 6.07 Å². The fourth-order valence-corrected chi connectivity index (χ4v) is 1.89. The van der Waals surface area contributed by atoms with Gasteiger partial charge in [-0.05, 0) is 55.5 Å². The van der Waals surface area contributed by atoms with E-state index in [2.05, 4.69) is 23.2 Å². The van der Waals surface area contributed by atoms with Gasteiger partial charge in [0.2, 0.25) is 0 Å². The molecule has 0 aliphatic carbocycles. The third-order valence-corrected chi connectivity index (χ3v) is 2.80. The molecule has 0 atom stereocenters. The van der Waals surface area contributed by atoms with Crippen LogP contribution in [0, 0.1) is 6.92 Å². The van der Waals surface area contributed by atoms with Gasteiger partial charge >= 0.3 is 0 Å². The number of nitrogens with two attached hydrogens (primary N) is 1. The molecule has 3 nitrogen and oxygen atoms in total. The summed E-state index contributed by atoms with van der Waals surface area (Å²) in [5.74, 6) is 0. The average Bonchev–Trinajstić information content (AvgIpc) is 2.74. The number of nitrogen functional groups attached to an aromatic ring is 1. The summed E-state index contributed by atoms with van der Waals surface area (Å²) in [6.45, 7) is 2.11. The quantitative estimate of drug-likeness (QED) is 0.770. The van der Waals surface area contributed by atoms with Crippen LogP contribution >= 0.6 is 0 Å². The Labute approximate surface area is 95.7 Å². The molecule has 0 saturated heterocycles. The highest BCUT2D eigenvalue weighted by atomic mass is 15.1. The van der Waals surface area contributed by atoms with Gasteiger partial charge in [0.25, 0.3) is 0 Å². The predicted octanol–water partition coefficient (Wildman–Crippen LogP) is 2.48. The largest absolute Gasteiger partial charge is 0.399 e. The number of benzene rings is 1. The van der Waals surface area contributed by atoms with Crippen LogP contribution in [0.3, 0.4) is 0 Å². The summed E-state index contributed by atoms with van der Waals surface area (Å²) >= 11 is 0. The third-order valence-electron chi connectivity index (χ3n) is 2.80. The number of H-pyrrole nitrogens is 1. The van der Waals surface area contributed by atoms with E-state index in [0.717, 1.165) is 30.6 Å². The van der Waals surface area contributed by atoms with Gasteiger partial charge in [-0.25, -0.2) is 0 Å². The first-order valence-electron chi connectivity index (χ1n) is 5.59. The molecule has 2 rings (SSSR count). The van der Waals surface area contributed by atoms with E-state index in [1.807, 2.05) is 24.4 Å². The SMILES string of the molecule is Cc1cc(N)ccc1CCCc1cc[nH]n1. The van der Waals surface area contributed by atoms with Crippen LogP contribution in [-0.2, 0) is 12.8 Å². The molecule has 16 heavy (non-hydrogen) atoms. The lowest BCUT2D eigenvalue weighted by atomic mass is 10.0. The highest BCUT2D eigenvalue weighted by molar-refractivity contribution is 5.44. The number of hydrogen-bond donors (Lipinski definition) is 2.